The number of hydrogen-bond acceptors (Lipinski definition) is 4. The molecule has 13 heavy (non-hydrogen) atoms. The third-order valence-electron chi connectivity index (χ3n) is 2.12. The molecule has 1 heterocycles. The first-order chi connectivity index (χ1) is 6.27. The predicted molar refractivity (Wildman–Crippen MR) is 48.1 cm³/mol. The molecule has 0 saturated heterocycles. The van der Waals surface area contributed by atoms with Crippen molar-refractivity contribution in [1.29, 1.82) is 0 Å². The monoisotopic (exact) mass is 181 g/mol. The number of rotatable bonds is 4. The molecule has 0 unspecified atom stereocenters. The van der Waals surface area contributed by atoms with E-state index in [4.69, 9.17) is 0 Å². The minimum atomic E-state index is 0.476. The Labute approximate surface area is 77.5 Å². The van der Waals surface area contributed by atoms with Gasteiger partial charge < -0.3 is 5.32 Å². The summed E-state index contributed by atoms with van der Waals surface area (Å²) in [5.41, 5.74) is 0. The summed E-state index contributed by atoms with van der Waals surface area (Å²) in [4.78, 5) is 0. The van der Waals surface area contributed by atoms with Crippen LogP contribution in [0.25, 0.3) is 0 Å². The lowest BCUT2D eigenvalue weighted by atomic mass is 10.4. The predicted octanol–water partition coefficient (Wildman–Crippen LogP) is 0.506. The molecule has 1 aromatic rings. The lowest BCUT2D eigenvalue weighted by Crippen LogP contribution is -2.24. The standard InChI is InChI=1S/C8H15N5/c1-6(2)9-5-8-10-11-12-13(8)7-3-4-7/h6-7,9H,3-5H2,1-2H3. The SMILES string of the molecule is CC(C)NCc1nnnn1C1CC1. The molecule has 0 spiro atoms. The van der Waals surface area contributed by atoms with E-state index in [0.717, 1.165) is 12.4 Å². The maximum Gasteiger partial charge on any atom is 0.165 e. The quantitative estimate of drug-likeness (QED) is 0.735. The molecule has 5 heteroatoms. The summed E-state index contributed by atoms with van der Waals surface area (Å²) in [5, 5.41) is 15.0. The Bertz CT molecular complexity index is 276. The van der Waals surface area contributed by atoms with Crippen LogP contribution >= 0.6 is 0 Å². The average Bonchev–Trinajstić information content (AvgIpc) is 2.82. The molecule has 2 rings (SSSR count). The van der Waals surface area contributed by atoms with Gasteiger partial charge in [-0.25, -0.2) is 4.68 Å². The Morgan fingerprint density at radius 1 is 1.54 bits per heavy atom. The zero-order chi connectivity index (χ0) is 9.26. The van der Waals surface area contributed by atoms with Crippen LogP contribution in [0.15, 0.2) is 0 Å². The Morgan fingerprint density at radius 2 is 2.31 bits per heavy atom. The minimum absolute atomic E-state index is 0.476. The van der Waals surface area contributed by atoms with E-state index in [1.54, 1.807) is 0 Å². The highest BCUT2D eigenvalue weighted by atomic mass is 15.6. The molecule has 1 aliphatic rings. The molecule has 1 N–H and O–H groups in total. The van der Waals surface area contributed by atoms with E-state index >= 15 is 0 Å². The van der Waals surface area contributed by atoms with Gasteiger partial charge in [-0.2, -0.15) is 0 Å². The van der Waals surface area contributed by atoms with Gasteiger partial charge in [-0.3, -0.25) is 0 Å². The van der Waals surface area contributed by atoms with Crippen LogP contribution in [0.3, 0.4) is 0 Å². The Balaban J connectivity index is 1.98. The highest BCUT2D eigenvalue weighted by molar-refractivity contribution is 4.89. The third kappa shape index (κ3) is 2.03. The second-order valence-electron chi connectivity index (χ2n) is 3.81. The van der Waals surface area contributed by atoms with Crippen LogP contribution in [0.4, 0.5) is 0 Å². The molecule has 72 valence electrons. The van der Waals surface area contributed by atoms with Crippen molar-refractivity contribution in [2.45, 2.75) is 45.3 Å². The molecule has 1 aliphatic carbocycles. The molecule has 5 nitrogen and oxygen atoms in total. The van der Waals surface area contributed by atoms with E-state index in [1.807, 2.05) is 4.68 Å². The van der Waals surface area contributed by atoms with Crippen molar-refractivity contribution in [1.82, 2.24) is 25.5 Å². The lowest BCUT2D eigenvalue weighted by molar-refractivity contribution is 0.524. The molecule has 0 atom stereocenters. The first kappa shape index (κ1) is 8.62. The third-order valence-corrected chi connectivity index (χ3v) is 2.12. The topological polar surface area (TPSA) is 55.6 Å². The van der Waals surface area contributed by atoms with E-state index in [1.165, 1.54) is 12.8 Å². The first-order valence-electron chi connectivity index (χ1n) is 4.77. The van der Waals surface area contributed by atoms with Crippen molar-refractivity contribution in [2.75, 3.05) is 0 Å². The van der Waals surface area contributed by atoms with E-state index in [9.17, 15) is 0 Å². The Hall–Kier alpha value is -0.970. The van der Waals surface area contributed by atoms with Crippen molar-refractivity contribution in [2.24, 2.45) is 0 Å². The number of hydrogen-bond donors (Lipinski definition) is 1. The van der Waals surface area contributed by atoms with Crippen molar-refractivity contribution in [3.63, 3.8) is 0 Å². The fourth-order valence-electron chi connectivity index (χ4n) is 1.23. The second-order valence-corrected chi connectivity index (χ2v) is 3.81. The minimum Gasteiger partial charge on any atom is -0.308 e. The molecular formula is C8H15N5. The van der Waals surface area contributed by atoms with E-state index < -0.39 is 0 Å². The second kappa shape index (κ2) is 3.41. The van der Waals surface area contributed by atoms with Gasteiger partial charge >= 0.3 is 0 Å². The van der Waals surface area contributed by atoms with Crippen LogP contribution in [0.2, 0.25) is 0 Å². The number of aromatic nitrogens is 4. The fraction of sp³-hybridized carbons (Fsp3) is 0.875. The molecule has 1 aromatic heterocycles. The first-order valence-corrected chi connectivity index (χ1v) is 4.77. The highest BCUT2D eigenvalue weighted by Gasteiger charge is 2.27. The van der Waals surface area contributed by atoms with E-state index in [-0.39, 0.29) is 0 Å². The summed E-state index contributed by atoms with van der Waals surface area (Å²) in [6.07, 6.45) is 2.44. The summed E-state index contributed by atoms with van der Waals surface area (Å²) in [5.74, 6) is 0.955. The molecule has 1 fully saturated rings. The van der Waals surface area contributed by atoms with Gasteiger partial charge in [0.1, 0.15) is 0 Å². The Kier molecular flexibility index (Phi) is 2.26. The average molecular weight is 181 g/mol. The van der Waals surface area contributed by atoms with Crippen molar-refractivity contribution in [3.8, 4) is 0 Å². The van der Waals surface area contributed by atoms with Gasteiger partial charge in [0.2, 0.25) is 0 Å². The van der Waals surface area contributed by atoms with Crippen LogP contribution in [-0.2, 0) is 6.54 Å². The smallest absolute Gasteiger partial charge is 0.165 e. The molecule has 0 radical (unpaired) electrons. The summed E-state index contributed by atoms with van der Waals surface area (Å²) in [6, 6.07) is 1.04. The van der Waals surface area contributed by atoms with Crippen molar-refractivity contribution < 1.29 is 0 Å². The van der Waals surface area contributed by atoms with E-state index in [0.29, 0.717) is 12.1 Å². The van der Waals surface area contributed by atoms with Crippen LogP contribution in [-0.4, -0.2) is 26.2 Å². The summed E-state index contributed by atoms with van der Waals surface area (Å²) in [7, 11) is 0. The van der Waals surface area contributed by atoms with Gasteiger partial charge in [-0.1, -0.05) is 13.8 Å². The van der Waals surface area contributed by atoms with Gasteiger partial charge in [0, 0.05) is 6.04 Å². The highest BCUT2D eigenvalue weighted by Crippen LogP contribution is 2.34. The largest absolute Gasteiger partial charge is 0.308 e. The number of tetrazole rings is 1. The van der Waals surface area contributed by atoms with E-state index in [2.05, 4.69) is 34.7 Å². The Morgan fingerprint density at radius 3 is 2.92 bits per heavy atom. The normalized spacial score (nSPS) is 16.8. The van der Waals surface area contributed by atoms with Gasteiger partial charge in [0.25, 0.3) is 0 Å². The van der Waals surface area contributed by atoms with Gasteiger partial charge in [0.05, 0.1) is 12.6 Å². The zero-order valence-corrected chi connectivity index (χ0v) is 8.06. The van der Waals surface area contributed by atoms with Crippen LogP contribution in [0.1, 0.15) is 38.6 Å². The number of nitrogens with one attached hydrogen (secondary N) is 1. The molecule has 0 aliphatic heterocycles. The molecule has 0 aromatic carbocycles. The number of nitrogens with zero attached hydrogens (tertiary/aromatic N) is 4. The molecule has 1 saturated carbocycles. The van der Waals surface area contributed by atoms with Gasteiger partial charge in [-0.05, 0) is 23.3 Å². The van der Waals surface area contributed by atoms with Gasteiger partial charge in [-0.15, -0.1) is 5.10 Å². The lowest BCUT2D eigenvalue weighted by Gasteiger charge is -2.07. The molecule has 0 bridgehead atoms. The summed E-state index contributed by atoms with van der Waals surface area (Å²) in [6.45, 7) is 5.00. The fourth-order valence-corrected chi connectivity index (χ4v) is 1.23. The maximum atomic E-state index is 3.99. The van der Waals surface area contributed by atoms with Crippen molar-refractivity contribution >= 4 is 0 Å². The molecular weight excluding hydrogens is 166 g/mol. The van der Waals surface area contributed by atoms with Crippen LogP contribution in [0.5, 0.6) is 0 Å². The van der Waals surface area contributed by atoms with Gasteiger partial charge in [0.15, 0.2) is 5.82 Å². The maximum absolute atomic E-state index is 3.99. The van der Waals surface area contributed by atoms with Crippen LogP contribution < -0.4 is 5.32 Å². The zero-order valence-electron chi connectivity index (χ0n) is 8.06. The summed E-state index contributed by atoms with van der Waals surface area (Å²) < 4.78 is 1.94. The summed E-state index contributed by atoms with van der Waals surface area (Å²) >= 11 is 0. The van der Waals surface area contributed by atoms with Crippen LogP contribution in [0, 0.1) is 0 Å². The van der Waals surface area contributed by atoms with Crippen molar-refractivity contribution in [3.05, 3.63) is 5.82 Å². The molecule has 0 amide bonds.